The Kier molecular flexibility index (Phi) is 17.6. The van der Waals surface area contributed by atoms with Crippen LogP contribution in [0.25, 0.3) is 0 Å². The molecule has 4 atom stereocenters. The molecule has 0 bridgehead atoms. The normalized spacial score (nSPS) is 13.3. The molecule has 0 saturated carbocycles. The van der Waals surface area contributed by atoms with Crippen LogP contribution in [0.5, 0.6) is 5.75 Å². The molecule has 5 aromatic carbocycles. The molecule has 6 rings (SSSR count). The van der Waals surface area contributed by atoms with Crippen LogP contribution in [0.15, 0.2) is 127 Å². The number of amides is 3. The molecular formula is C52H55F4N7O8. The molecule has 0 aliphatic rings. The van der Waals surface area contributed by atoms with Gasteiger partial charge in [-0.05, 0) is 65.8 Å². The van der Waals surface area contributed by atoms with Crippen molar-refractivity contribution >= 4 is 23.9 Å². The summed E-state index contributed by atoms with van der Waals surface area (Å²) in [6.45, 7) is 6.70. The summed E-state index contributed by atoms with van der Waals surface area (Å²) in [4.78, 5) is 55.2. The molecule has 0 aliphatic carbocycles. The van der Waals surface area contributed by atoms with Crippen molar-refractivity contribution < 1.29 is 56.1 Å². The Balaban J connectivity index is 1.29. The number of hydrogen-bond acceptors (Lipinski definition) is 11. The Morgan fingerprint density at radius 3 is 1.75 bits per heavy atom. The van der Waals surface area contributed by atoms with E-state index in [-0.39, 0.29) is 25.5 Å². The summed E-state index contributed by atoms with van der Waals surface area (Å²) in [7, 11) is 0. The third-order valence-electron chi connectivity index (χ3n) is 11.2. The Morgan fingerprint density at radius 1 is 0.718 bits per heavy atom. The van der Waals surface area contributed by atoms with Gasteiger partial charge >= 0.3 is 12.1 Å². The van der Waals surface area contributed by atoms with E-state index in [4.69, 9.17) is 14.2 Å². The number of hydrogen-bond donors (Lipinski definition) is 4. The zero-order valence-corrected chi connectivity index (χ0v) is 39.7. The monoisotopic (exact) mass is 981 g/mol. The molecular weight excluding hydrogens is 927 g/mol. The van der Waals surface area contributed by atoms with E-state index < -0.39 is 107 Å². The minimum atomic E-state index is -1.95. The molecule has 374 valence electrons. The van der Waals surface area contributed by atoms with E-state index in [0.717, 1.165) is 16.7 Å². The number of esters is 1. The predicted octanol–water partition coefficient (Wildman–Crippen LogP) is 7.09. The molecule has 0 radical (unpaired) electrons. The highest BCUT2D eigenvalue weighted by Crippen LogP contribution is 2.41. The maximum absolute atomic E-state index is 14.5. The van der Waals surface area contributed by atoms with Crippen molar-refractivity contribution in [3.8, 4) is 5.75 Å². The molecule has 71 heavy (non-hydrogen) atoms. The van der Waals surface area contributed by atoms with Gasteiger partial charge in [0.2, 0.25) is 23.4 Å². The van der Waals surface area contributed by atoms with Gasteiger partial charge in [-0.3, -0.25) is 14.4 Å². The summed E-state index contributed by atoms with van der Waals surface area (Å²) in [5, 5.41) is 32.1. The molecule has 15 nitrogen and oxygen atoms in total. The van der Waals surface area contributed by atoms with E-state index in [1.165, 1.54) is 0 Å². The number of alkyl carbamates (subject to hydrolysis) is 1. The lowest BCUT2D eigenvalue weighted by Gasteiger charge is -2.36. The number of tetrazole rings is 1. The Hall–Kier alpha value is -7.67. The molecule has 4 N–H and O–H groups in total. The quantitative estimate of drug-likeness (QED) is 0.0249. The summed E-state index contributed by atoms with van der Waals surface area (Å²) in [5.74, 6) is -11.8. The van der Waals surface area contributed by atoms with E-state index in [1.54, 1.807) is 69.6 Å². The van der Waals surface area contributed by atoms with Gasteiger partial charge < -0.3 is 35.3 Å². The number of ether oxygens (including phenoxy) is 3. The van der Waals surface area contributed by atoms with Crippen LogP contribution in [-0.4, -0.2) is 85.6 Å². The molecule has 19 heteroatoms. The van der Waals surface area contributed by atoms with Crippen LogP contribution in [-0.2, 0) is 42.4 Å². The number of nitrogens with one attached hydrogen (secondary N) is 3. The Bertz CT molecular complexity index is 2610. The number of carbonyl (C=O) groups is 4. The molecule has 1 aromatic heterocycles. The second-order valence-corrected chi connectivity index (χ2v) is 17.9. The van der Waals surface area contributed by atoms with Crippen molar-refractivity contribution in [2.75, 3.05) is 6.61 Å². The number of carbonyl (C=O) groups excluding carboxylic acids is 4. The van der Waals surface area contributed by atoms with Gasteiger partial charge in [-0.2, -0.15) is 8.78 Å². The number of aromatic nitrogens is 4. The highest BCUT2D eigenvalue weighted by Gasteiger charge is 2.42. The lowest BCUT2D eigenvalue weighted by Crippen LogP contribution is -2.58. The number of benzene rings is 5. The van der Waals surface area contributed by atoms with Gasteiger partial charge in [-0.15, -0.1) is 5.10 Å². The van der Waals surface area contributed by atoms with Crippen LogP contribution in [0.4, 0.5) is 22.4 Å². The minimum Gasteiger partial charge on any atom is -0.485 e. The Labute approximate surface area is 407 Å². The lowest BCUT2D eigenvalue weighted by atomic mass is 9.77. The van der Waals surface area contributed by atoms with Crippen LogP contribution in [0.1, 0.15) is 75.5 Å². The number of rotatable bonds is 21. The van der Waals surface area contributed by atoms with Crippen molar-refractivity contribution in [1.29, 1.82) is 0 Å². The smallest absolute Gasteiger partial charge is 0.408 e. The molecule has 1 unspecified atom stereocenters. The molecule has 0 aliphatic heterocycles. The zero-order valence-electron chi connectivity index (χ0n) is 39.7. The topological polar surface area (TPSA) is 196 Å². The first-order chi connectivity index (χ1) is 33.9. The maximum atomic E-state index is 14.5. The zero-order chi connectivity index (χ0) is 51.3. The van der Waals surface area contributed by atoms with E-state index in [9.17, 15) is 41.8 Å². The molecule has 6 aromatic rings. The van der Waals surface area contributed by atoms with Crippen molar-refractivity contribution in [2.24, 2.45) is 5.92 Å². The first-order valence-corrected chi connectivity index (χ1v) is 22.8. The molecule has 0 spiro atoms. The van der Waals surface area contributed by atoms with Crippen LogP contribution in [0, 0.1) is 29.2 Å². The standard InChI is InChI=1S/C52H55F4N7O8/c1-32(2)46(49(67)57-40(29-43(65)71-51(3,4)5)41(64)31-69-47-44(55)37(53)28-38(54)45(47)56)59-48(66)39(58-50(68)70-30-33-18-10-6-11-19-33)26-27-42-60-61-62-63(42)52(34-20-12-7-13-21-34,35-22-14-8-15-23-35)36-24-16-9-17-25-36/h6-25,28,32,39-41,46,64H,26-27,29-31H2,1-5H3,(H,57,67)(H,58,68)(H,59,66)/t39-,40-,41?,46-/m0/s1. The summed E-state index contributed by atoms with van der Waals surface area (Å²) >= 11 is 0. The highest BCUT2D eigenvalue weighted by atomic mass is 19.2. The van der Waals surface area contributed by atoms with Gasteiger partial charge in [-0.1, -0.05) is 135 Å². The van der Waals surface area contributed by atoms with E-state index in [0.29, 0.717) is 11.4 Å². The number of halogens is 4. The largest absolute Gasteiger partial charge is 0.485 e. The van der Waals surface area contributed by atoms with Gasteiger partial charge in [0.25, 0.3) is 0 Å². The first kappa shape index (κ1) is 52.7. The van der Waals surface area contributed by atoms with E-state index in [2.05, 4.69) is 31.5 Å². The van der Waals surface area contributed by atoms with E-state index in [1.807, 2.05) is 91.0 Å². The molecule has 0 saturated heterocycles. The summed E-state index contributed by atoms with van der Waals surface area (Å²) in [6.07, 6.45) is -3.79. The van der Waals surface area contributed by atoms with Gasteiger partial charge in [-0.25, -0.2) is 18.3 Å². The van der Waals surface area contributed by atoms with Crippen LogP contribution in [0.3, 0.4) is 0 Å². The van der Waals surface area contributed by atoms with Crippen LogP contribution in [0.2, 0.25) is 0 Å². The third-order valence-corrected chi connectivity index (χ3v) is 11.2. The van der Waals surface area contributed by atoms with Gasteiger partial charge in [0.1, 0.15) is 42.5 Å². The fourth-order valence-electron chi connectivity index (χ4n) is 7.85. The summed E-state index contributed by atoms with van der Waals surface area (Å²) < 4.78 is 74.4. The maximum Gasteiger partial charge on any atom is 0.408 e. The second kappa shape index (κ2) is 23.8. The lowest BCUT2D eigenvalue weighted by molar-refractivity contribution is -0.156. The van der Waals surface area contributed by atoms with Crippen molar-refractivity contribution in [3.63, 3.8) is 0 Å². The number of aryl methyl sites for hydroxylation is 1. The van der Waals surface area contributed by atoms with Crippen LogP contribution < -0.4 is 20.7 Å². The number of aliphatic hydroxyl groups excluding tert-OH is 1. The SMILES string of the molecule is CC(C)[C@H](NC(=O)[C@H](CCc1nnnn1C(c1ccccc1)(c1ccccc1)c1ccccc1)NC(=O)OCc1ccccc1)C(=O)N[C@@H](CC(=O)OC(C)(C)C)C(O)COc1c(F)c(F)cc(F)c1F. The average Bonchev–Trinajstić information content (AvgIpc) is 3.82. The van der Waals surface area contributed by atoms with Crippen molar-refractivity contribution in [2.45, 2.75) is 95.9 Å². The van der Waals surface area contributed by atoms with Gasteiger partial charge in [0.15, 0.2) is 23.2 Å². The fourth-order valence-corrected chi connectivity index (χ4v) is 7.85. The summed E-state index contributed by atoms with van der Waals surface area (Å²) in [6, 6.07) is 33.2. The summed E-state index contributed by atoms with van der Waals surface area (Å²) in [5.41, 5.74) is 0.967. The van der Waals surface area contributed by atoms with Crippen molar-refractivity contribution in [3.05, 3.63) is 179 Å². The minimum absolute atomic E-state index is 0.0165. The molecule has 3 amide bonds. The second-order valence-electron chi connectivity index (χ2n) is 17.9. The first-order valence-electron chi connectivity index (χ1n) is 22.8. The Morgan fingerprint density at radius 2 is 1.24 bits per heavy atom. The molecule has 0 fully saturated rings. The third kappa shape index (κ3) is 13.4. The van der Waals surface area contributed by atoms with E-state index >= 15 is 0 Å². The predicted molar refractivity (Wildman–Crippen MR) is 251 cm³/mol. The van der Waals surface area contributed by atoms with Crippen molar-refractivity contribution in [1.82, 2.24) is 36.2 Å². The molecule has 1 heterocycles. The van der Waals surface area contributed by atoms with Gasteiger partial charge in [0.05, 0.1) is 12.5 Å². The highest BCUT2D eigenvalue weighted by molar-refractivity contribution is 5.91. The fraction of sp³-hybridized carbons (Fsp3) is 0.327. The van der Waals surface area contributed by atoms with Crippen LogP contribution >= 0.6 is 0 Å². The van der Waals surface area contributed by atoms with Gasteiger partial charge in [0, 0.05) is 12.5 Å². The number of aliphatic hydroxyl groups is 1. The number of nitrogens with zero attached hydrogens (tertiary/aromatic N) is 4. The average molecular weight is 982 g/mol.